The summed E-state index contributed by atoms with van der Waals surface area (Å²) in [5.74, 6) is 1.15. The van der Waals surface area contributed by atoms with Crippen LogP contribution in [-0.2, 0) is 23.5 Å². The fraction of sp³-hybridized carbons (Fsp3) is 0.316. The maximum Gasteiger partial charge on any atom is 0.341 e. The summed E-state index contributed by atoms with van der Waals surface area (Å²) in [6.45, 7) is 7.89. The molecule has 0 N–H and O–H groups in total. The Labute approximate surface area is 164 Å². The van der Waals surface area contributed by atoms with E-state index >= 15 is 0 Å². The van der Waals surface area contributed by atoms with Gasteiger partial charge in [-0.15, -0.1) is 17.9 Å². The predicted octanol–water partition coefficient (Wildman–Crippen LogP) is 4.19. The van der Waals surface area contributed by atoms with E-state index in [1.54, 1.807) is 23.6 Å². The number of carbonyl (C=O) groups excluding carboxylic acids is 1. The van der Waals surface area contributed by atoms with Crippen molar-refractivity contribution in [2.24, 2.45) is 0 Å². The SMILES string of the molecule is C=CCn1c(SCc2cc(C(=O)OC)c(C)o2)nc2sc(CC)cc2c1=O. The molecule has 3 rings (SSSR count). The van der Waals surface area contributed by atoms with E-state index in [2.05, 4.69) is 18.5 Å². The molecule has 0 aliphatic rings. The first-order chi connectivity index (χ1) is 13.0. The molecule has 0 amide bonds. The number of thioether (sulfide) groups is 1. The van der Waals surface area contributed by atoms with Crippen LogP contribution in [0.4, 0.5) is 0 Å². The molecular formula is C19H20N2O4S2. The molecule has 27 heavy (non-hydrogen) atoms. The van der Waals surface area contributed by atoms with E-state index < -0.39 is 5.97 Å². The number of carbonyl (C=O) groups is 1. The molecule has 0 aliphatic carbocycles. The van der Waals surface area contributed by atoms with Crippen LogP contribution >= 0.6 is 23.1 Å². The summed E-state index contributed by atoms with van der Waals surface area (Å²) in [7, 11) is 1.34. The number of esters is 1. The minimum Gasteiger partial charge on any atom is -0.465 e. The first-order valence-corrected chi connectivity index (χ1v) is 10.2. The number of allylic oxidation sites excluding steroid dienone is 1. The van der Waals surface area contributed by atoms with Crippen molar-refractivity contribution in [3.8, 4) is 0 Å². The second kappa shape index (κ2) is 8.14. The monoisotopic (exact) mass is 404 g/mol. The zero-order valence-electron chi connectivity index (χ0n) is 15.4. The lowest BCUT2D eigenvalue weighted by Gasteiger charge is -2.09. The predicted molar refractivity (Wildman–Crippen MR) is 108 cm³/mol. The minimum atomic E-state index is -0.429. The van der Waals surface area contributed by atoms with Gasteiger partial charge >= 0.3 is 5.97 Å². The first kappa shape index (κ1) is 19.4. The highest BCUT2D eigenvalue weighted by atomic mass is 32.2. The van der Waals surface area contributed by atoms with Crippen molar-refractivity contribution in [3.05, 3.63) is 57.1 Å². The molecule has 3 heterocycles. The normalized spacial score (nSPS) is 11.1. The highest BCUT2D eigenvalue weighted by Crippen LogP contribution is 2.28. The molecule has 0 saturated carbocycles. The lowest BCUT2D eigenvalue weighted by atomic mass is 10.2. The summed E-state index contributed by atoms with van der Waals surface area (Å²) in [5.41, 5.74) is 0.343. The number of rotatable bonds is 7. The largest absolute Gasteiger partial charge is 0.465 e. The van der Waals surface area contributed by atoms with Crippen LogP contribution < -0.4 is 5.56 Å². The zero-order chi connectivity index (χ0) is 19.6. The lowest BCUT2D eigenvalue weighted by molar-refractivity contribution is 0.0599. The maximum absolute atomic E-state index is 12.9. The Hall–Kier alpha value is -2.32. The van der Waals surface area contributed by atoms with Crippen LogP contribution in [0.5, 0.6) is 0 Å². The molecule has 0 aromatic carbocycles. The van der Waals surface area contributed by atoms with Crippen molar-refractivity contribution >= 4 is 39.3 Å². The molecule has 0 radical (unpaired) electrons. The van der Waals surface area contributed by atoms with Gasteiger partial charge in [-0.2, -0.15) is 0 Å². The van der Waals surface area contributed by atoms with Crippen LogP contribution in [0.15, 0.2) is 39.2 Å². The molecule has 0 saturated heterocycles. The Morgan fingerprint density at radius 2 is 2.26 bits per heavy atom. The number of hydrogen-bond acceptors (Lipinski definition) is 7. The number of aryl methyl sites for hydroxylation is 2. The smallest absolute Gasteiger partial charge is 0.341 e. The van der Waals surface area contributed by atoms with Crippen molar-refractivity contribution in [3.63, 3.8) is 0 Å². The van der Waals surface area contributed by atoms with Crippen molar-refractivity contribution in [2.45, 2.75) is 37.7 Å². The summed E-state index contributed by atoms with van der Waals surface area (Å²) in [4.78, 5) is 31.1. The van der Waals surface area contributed by atoms with Gasteiger partial charge in [0.25, 0.3) is 5.56 Å². The van der Waals surface area contributed by atoms with Crippen LogP contribution in [0.25, 0.3) is 10.2 Å². The second-order valence-electron chi connectivity index (χ2n) is 5.85. The molecule has 0 spiro atoms. The number of nitrogens with zero attached hydrogens (tertiary/aromatic N) is 2. The first-order valence-electron chi connectivity index (χ1n) is 8.43. The lowest BCUT2D eigenvalue weighted by Crippen LogP contribution is -2.22. The molecule has 0 unspecified atom stereocenters. The van der Waals surface area contributed by atoms with E-state index in [1.807, 2.05) is 6.07 Å². The Morgan fingerprint density at radius 3 is 2.93 bits per heavy atom. The fourth-order valence-corrected chi connectivity index (χ4v) is 4.58. The Balaban J connectivity index is 1.94. The number of thiophene rings is 1. The number of fused-ring (bicyclic) bond motifs is 1. The Morgan fingerprint density at radius 1 is 1.48 bits per heavy atom. The third kappa shape index (κ3) is 3.86. The molecule has 3 aromatic heterocycles. The third-order valence-corrected chi connectivity index (χ3v) is 6.22. The molecular weight excluding hydrogens is 384 g/mol. The molecule has 0 aliphatic heterocycles. The standard InChI is InChI=1S/C19H20N2O4S2/c1-5-7-21-17(22)15-9-13(6-2)27-16(15)20-19(21)26-10-12-8-14(11(3)25-12)18(23)24-4/h5,8-9H,1,6-7,10H2,2-4H3. The number of ether oxygens (including phenoxy) is 1. The summed E-state index contributed by atoms with van der Waals surface area (Å²) >= 11 is 2.93. The summed E-state index contributed by atoms with van der Waals surface area (Å²) < 4.78 is 12.0. The Bertz CT molecular complexity index is 1060. The number of aromatic nitrogens is 2. The van der Waals surface area contributed by atoms with E-state index in [-0.39, 0.29) is 5.56 Å². The van der Waals surface area contributed by atoms with E-state index in [4.69, 9.17) is 9.15 Å². The van der Waals surface area contributed by atoms with E-state index in [1.165, 1.54) is 30.2 Å². The molecule has 3 aromatic rings. The number of methoxy groups -OCH3 is 1. The molecule has 8 heteroatoms. The van der Waals surface area contributed by atoms with Gasteiger partial charge in [0.15, 0.2) is 5.16 Å². The molecule has 0 atom stereocenters. The molecule has 6 nitrogen and oxygen atoms in total. The van der Waals surface area contributed by atoms with Crippen LogP contribution in [0.2, 0.25) is 0 Å². The van der Waals surface area contributed by atoms with Crippen LogP contribution in [0.1, 0.15) is 33.7 Å². The summed E-state index contributed by atoms with van der Waals surface area (Å²) in [6.07, 6.45) is 2.55. The van der Waals surface area contributed by atoms with Crippen LogP contribution in [0, 0.1) is 6.92 Å². The van der Waals surface area contributed by atoms with E-state index in [0.717, 1.165) is 16.1 Å². The zero-order valence-corrected chi connectivity index (χ0v) is 17.0. The minimum absolute atomic E-state index is 0.0655. The van der Waals surface area contributed by atoms with Gasteiger partial charge < -0.3 is 9.15 Å². The molecule has 142 valence electrons. The van der Waals surface area contributed by atoms with Crippen LogP contribution in [0.3, 0.4) is 0 Å². The summed E-state index contributed by atoms with van der Waals surface area (Å²) in [6, 6.07) is 3.59. The van der Waals surface area contributed by atoms with E-state index in [0.29, 0.717) is 39.9 Å². The average molecular weight is 405 g/mol. The van der Waals surface area contributed by atoms with Gasteiger partial charge in [0.05, 0.1) is 18.2 Å². The highest BCUT2D eigenvalue weighted by Gasteiger charge is 2.17. The number of furan rings is 1. The van der Waals surface area contributed by atoms with Gasteiger partial charge in [0, 0.05) is 11.4 Å². The third-order valence-electron chi connectivity index (χ3n) is 4.04. The van der Waals surface area contributed by atoms with Gasteiger partial charge in [-0.1, -0.05) is 24.8 Å². The van der Waals surface area contributed by atoms with Gasteiger partial charge in [0.2, 0.25) is 0 Å². The topological polar surface area (TPSA) is 74.3 Å². The second-order valence-corrected chi connectivity index (χ2v) is 7.90. The maximum atomic E-state index is 12.9. The molecule has 0 fully saturated rings. The van der Waals surface area contributed by atoms with Gasteiger partial charge in [-0.05, 0) is 25.5 Å². The average Bonchev–Trinajstić information content (AvgIpc) is 3.25. The van der Waals surface area contributed by atoms with Crippen molar-refractivity contribution in [1.29, 1.82) is 0 Å². The van der Waals surface area contributed by atoms with Crippen molar-refractivity contribution in [1.82, 2.24) is 9.55 Å². The van der Waals surface area contributed by atoms with Crippen molar-refractivity contribution in [2.75, 3.05) is 7.11 Å². The summed E-state index contributed by atoms with van der Waals surface area (Å²) in [5, 5.41) is 1.25. The Kier molecular flexibility index (Phi) is 5.86. The fourth-order valence-electron chi connectivity index (χ4n) is 2.68. The van der Waals surface area contributed by atoms with Gasteiger partial charge in [-0.25, -0.2) is 9.78 Å². The van der Waals surface area contributed by atoms with Gasteiger partial charge in [-0.3, -0.25) is 9.36 Å². The highest BCUT2D eigenvalue weighted by molar-refractivity contribution is 7.98. The molecule has 0 bridgehead atoms. The van der Waals surface area contributed by atoms with E-state index in [9.17, 15) is 9.59 Å². The number of hydrogen-bond donors (Lipinski definition) is 0. The van der Waals surface area contributed by atoms with Crippen molar-refractivity contribution < 1.29 is 13.9 Å². The van der Waals surface area contributed by atoms with Gasteiger partial charge in [0.1, 0.15) is 21.9 Å². The van der Waals surface area contributed by atoms with Crippen LogP contribution in [-0.4, -0.2) is 22.6 Å². The quantitative estimate of drug-likeness (QED) is 0.254.